The molecule has 0 atom stereocenters. The first kappa shape index (κ1) is 25.4. The molecule has 0 aliphatic carbocycles. The zero-order valence-electron chi connectivity index (χ0n) is 19.9. The standard InChI is InChI=1S/C29H24N2O5S/c1-21-12-18-26(19-13-21)37(34,35)36-25-16-14-22(15-17-25)20-27(29(33)30-24-10-6-3-7-11-24)31-28(32)23-8-4-2-5-9-23/h2-20H,1H3,(H,30,33)(H,31,32)/b27-20+. The van der Waals surface area contributed by atoms with Crippen molar-refractivity contribution in [1.29, 1.82) is 0 Å². The van der Waals surface area contributed by atoms with Crippen LogP contribution in [0.5, 0.6) is 5.75 Å². The van der Waals surface area contributed by atoms with Gasteiger partial charge in [0.1, 0.15) is 16.3 Å². The van der Waals surface area contributed by atoms with E-state index >= 15 is 0 Å². The smallest absolute Gasteiger partial charge is 0.339 e. The highest BCUT2D eigenvalue weighted by molar-refractivity contribution is 7.87. The Morgan fingerprint density at radius 1 is 0.757 bits per heavy atom. The summed E-state index contributed by atoms with van der Waals surface area (Å²) in [6, 6.07) is 29.9. The summed E-state index contributed by atoms with van der Waals surface area (Å²) in [5.74, 6) is -0.849. The molecule has 0 aliphatic heterocycles. The summed E-state index contributed by atoms with van der Waals surface area (Å²) in [6.07, 6.45) is 1.50. The Morgan fingerprint density at radius 2 is 1.35 bits per heavy atom. The van der Waals surface area contributed by atoms with E-state index in [2.05, 4.69) is 10.6 Å². The number of hydrogen-bond donors (Lipinski definition) is 2. The number of aryl methyl sites for hydroxylation is 1. The van der Waals surface area contributed by atoms with E-state index in [0.717, 1.165) is 5.56 Å². The minimum atomic E-state index is -4.00. The second-order valence-corrected chi connectivity index (χ2v) is 9.66. The van der Waals surface area contributed by atoms with Gasteiger partial charge >= 0.3 is 10.1 Å². The number of anilines is 1. The van der Waals surface area contributed by atoms with Crippen LogP contribution >= 0.6 is 0 Å². The summed E-state index contributed by atoms with van der Waals surface area (Å²) >= 11 is 0. The predicted molar refractivity (Wildman–Crippen MR) is 142 cm³/mol. The molecule has 0 bridgehead atoms. The molecule has 0 fully saturated rings. The van der Waals surface area contributed by atoms with Gasteiger partial charge in [-0.25, -0.2) is 0 Å². The molecular weight excluding hydrogens is 488 g/mol. The molecule has 2 amide bonds. The average Bonchev–Trinajstić information content (AvgIpc) is 2.90. The Hall–Kier alpha value is -4.69. The summed E-state index contributed by atoms with van der Waals surface area (Å²) in [5.41, 5.74) is 2.45. The van der Waals surface area contributed by atoms with Gasteiger partial charge in [0, 0.05) is 11.3 Å². The van der Waals surface area contributed by atoms with Crippen LogP contribution in [0, 0.1) is 6.92 Å². The van der Waals surface area contributed by atoms with Crippen molar-refractivity contribution in [3.63, 3.8) is 0 Å². The summed E-state index contributed by atoms with van der Waals surface area (Å²) in [6.45, 7) is 1.86. The molecule has 0 spiro atoms. The first-order valence-electron chi connectivity index (χ1n) is 11.4. The summed E-state index contributed by atoms with van der Waals surface area (Å²) in [7, 11) is -4.00. The van der Waals surface area contributed by atoms with E-state index in [4.69, 9.17) is 4.18 Å². The van der Waals surface area contributed by atoms with Gasteiger partial charge in [0.25, 0.3) is 11.8 Å². The van der Waals surface area contributed by atoms with Crippen molar-refractivity contribution in [2.24, 2.45) is 0 Å². The molecule has 2 N–H and O–H groups in total. The second-order valence-electron chi connectivity index (χ2n) is 8.12. The van der Waals surface area contributed by atoms with Crippen molar-refractivity contribution in [3.05, 3.63) is 132 Å². The van der Waals surface area contributed by atoms with Gasteiger partial charge in [-0.05, 0) is 67.1 Å². The quantitative estimate of drug-likeness (QED) is 0.250. The van der Waals surface area contributed by atoms with E-state index in [1.807, 2.05) is 13.0 Å². The van der Waals surface area contributed by atoms with Crippen molar-refractivity contribution in [2.45, 2.75) is 11.8 Å². The van der Waals surface area contributed by atoms with E-state index < -0.39 is 21.9 Å². The number of benzene rings is 4. The van der Waals surface area contributed by atoms with Gasteiger partial charge in [-0.1, -0.05) is 66.2 Å². The summed E-state index contributed by atoms with van der Waals surface area (Å²) in [4.78, 5) is 25.8. The molecule has 0 aliphatic rings. The van der Waals surface area contributed by atoms with E-state index in [1.165, 1.54) is 30.3 Å². The van der Waals surface area contributed by atoms with E-state index in [1.54, 1.807) is 78.9 Å². The first-order chi connectivity index (χ1) is 17.8. The van der Waals surface area contributed by atoms with Crippen molar-refractivity contribution in [1.82, 2.24) is 5.32 Å². The van der Waals surface area contributed by atoms with Crippen LogP contribution in [0.1, 0.15) is 21.5 Å². The minimum Gasteiger partial charge on any atom is -0.379 e. The van der Waals surface area contributed by atoms with Gasteiger partial charge < -0.3 is 14.8 Å². The Kier molecular flexibility index (Phi) is 7.80. The Balaban J connectivity index is 1.56. The van der Waals surface area contributed by atoms with Crippen molar-refractivity contribution >= 4 is 33.7 Å². The highest BCUT2D eigenvalue weighted by Crippen LogP contribution is 2.21. The van der Waals surface area contributed by atoms with Crippen LogP contribution in [0.2, 0.25) is 0 Å². The fourth-order valence-corrected chi connectivity index (χ4v) is 4.26. The monoisotopic (exact) mass is 512 g/mol. The lowest BCUT2D eigenvalue weighted by molar-refractivity contribution is -0.113. The van der Waals surface area contributed by atoms with Gasteiger partial charge in [0.2, 0.25) is 0 Å². The molecule has 0 saturated carbocycles. The molecule has 4 aromatic rings. The van der Waals surface area contributed by atoms with E-state index in [0.29, 0.717) is 16.8 Å². The molecule has 0 saturated heterocycles. The molecule has 7 nitrogen and oxygen atoms in total. The van der Waals surface area contributed by atoms with Crippen molar-refractivity contribution in [2.75, 3.05) is 5.32 Å². The van der Waals surface area contributed by atoms with Crippen LogP contribution in [0.25, 0.3) is 6.08 Å². The first-order valence-corrected chi connectivity index (χ1v) is 12.8. The topological polar surface area (TPSA) is 102 Å². The van der Waals surface area contributed by atoms with Gasteiger partial charge in [0.15, 0.2) is 0 Å². The Bertz CT molecular complexity index is 1520. The zero-order valence-corrected chi connectivity index (χ0v) is 20.7. The molecule has 8 heteroatoms. The lowest BCUT2D eigenvalue weighted by Crippen LogP contribution is -2.30. The summed E-state index contributed by atoms with van der Waals surface area (Å²) in [5, 5.41) is 5.42. The van der Waals surface area contributed by atoms with Gasteiger partial charge in [-0.15, -0.1) is 0 Å². The number of rotatable bonds is 8. The molecule has 0 radical (unpaired) electrons. The number of carbonyl (C=O) groups excluding carboxylic acids is 2. The Labute approximate surface area is 215 Å². The number of carbonyl (C=O) groups is 2. The van der Waals surface area contributed by atoms with E-state index in [-0.39, 0.29) is 16.3 Å². The average molecular weight is 513 g/mol. The fraction of sp³-hybridized carbons (Fsp3) is 0.0345. The summed E-state index contributed by atoms with van der Waals surface area (Å²) < 4.78 is 30.4. The van der Waals surface area contributed by atoms with Crippen LogP contribution in [-0.4, -0.2) is 20.2 Å². The van der Waals surface area contributed by atoms with Gasteiger partial charge in [-0.3, -0.25) is 9.59 Å². The number of amides is 2. The van der Waals surface area contributed by atoms with E-state index in [9.17, 15) is 18.0 Å². The largest absolute Gasteiger partial charge is 0.379 e. The highest BCUT2D eigenvalue weighted by Gasteiger charge is 2.17. The second kappa shape index (κ2) is 11.4. The van der Waals surface area contributed by atoms with Crippen LogP contribution < -0.4 is 14.8 Å². The molecular formula is C29H24N2O5S. The lowest BCUT2D eigenvalue weighted by Gasteiger charge is -2.12. The predicted octanol–water partition coefficient (Wildman–Crippen LogP) is 5.17. The number of nitrogens with one attached hydrogen (secondary N) is 2. The van der Waals surface area contributed by atoms with Crippen LogP contribution in [-0.2, 0) is 14.9 Å². The maximum absolute atomic E-state index is 13.0. The van der Waals surface area contributed by atoms with Crippen LogP contribution in [0.15, 0.2) is 120 Å². The third kappa shape index (κ3) is 6.93. The zero-order chi connectivity index (χ0) is 26.3. The highest BCUT2D eigenvalue weighted by atomic mass is 32.2. The molecule has 4 rings (SSSR count). The van der Waals surface area contributed by atoms with Crippen molar-refractivity contribution < 1.29 is 22.2 Å². The molecule has 37 heavy (non-hydrogen) atoms. The fourth-order valence-electron chi connectivity index (χ4n) is 3.33. The van der Waals surface area contributed by atoms with Crippen molar-refractivity contribution in [3.8, 4) is 5.75 Å². The SMILES string of the molecule is Cc1ccc(S(=O)(=O)Oc2ccc(/C=C(/NC(=O)c3ccccc3)C(=O)Nc3ccccc3)cc2)cc1. The minimum absolute atomic E-state index is 0.0126. The molecule has 0 unspecified atom stereocenters. The normalized spacial score (nSPS) is 11.4. The third-order valence-corrected chi connectivity index (χ3v) is 6.53. The maximum atomic E-state index is 13.0. The van der Waals surface area contributed by atoms with Crippen LogP contribution in [0.4, 0.5) is 5.69 Å². The van der Waals surface area contributed by atoms with Crippen LogP contribution in [0.3, 0.4) is 0 Å². The van der Waals surface area contributed by atoms with Gasteiger partial charge in [0.05, 0.1) is 0 Å². The Morgan fingerprint density at radius 3 is 1.97 bits per heavy atom. The molecule has 186 valence electrons. The molecule has 0 aromatic heterocycles. The van der Waals surface area contributed by atoms with Gasteiger partial charge in [-0.2, -0.15) is 8.42 Å². The number of hydrogen-bond acceptors (Lipinski definition) is 5. The maximum Gasteiger partial charge on any atom is 0.339 e. The lowest BCUT2D eigenvalue weighted by atomic mass is 10.1. The molecule has 0 heterocycles. The third-order valence-electron chi connectivity index (χ3n) is 5.27. The number of para-hydroxylation sites is 1. The molecule has 4 aromatic carbocycles.